The van der Waals surface area contributed by atoms with Gasteiger partial charge in [-0.25, -0.2) is 0 Å². The van der Waals surface area contributed by atoms with Crippen LogP contribution in [0.15, 0.2) is 48.5 Å². The van der Waals surface area contributed by atoms with E-state index < -0.39 is 0 Å². The first-order chi connectivity index (χ1) is 12.6. The molecule has 0 unspecified atom stereocenters. The molecule has 0 radical (unpaired) electrons. The lowest BCUT2D eigenvalue weighted by Crippen LogP contribution is -2.36. The lowest BCUT2D eigenvalue weighted by molar-refractivity contribution is -0.119. The van der Waals surface area contributed by atoms with Crippen molar-refractivity contribution in [2.75, 3.05) is 30.8 Å². The predicted octanol–water partition coefficient (Wildman–Crippen LogP) is 3.80. The molecule has 0 aliphatic heterocycles. The highest BCUT2D eigenvalue weighted by Crippen LogP contribution is 2.23. The highest BCUT2D eigenvalue weighted by molar-refractivity contribution is 5.94. The van der Waals surface area contributed by atoms with Crippen molar-refractivity contribution in [1.29, 1.82) is 0 Å². The number of hydrogen-bond donors (Lipinski definition) is 2. The highest BCUT2D eigenvalue weighted by Gasteiger charge is 2.14. The molecule has 0 aliphatic carbocycles. The van der Waals surface area contributed by atoms with Gasteiger partial charge in [0.2, 0.25) is 11.8 Å². The Labute approximate surface area is 161 Å². The fourth-order valence-electron chi connectivity index (χ4n) is 2.64. The van der Waals surface area contributed by atoms with Crippen LogP contribution in [-0.2, 0) is 15.0 Å². The summed E-state index contributed by atoms with van der Waals surface area (Å²) in [5.74, 6) is -0.298. The minimum atomic E-state index is -0.149. The van der Waals surface area contributed by atoms with Crippen molar-refractivity contribution in [3.8, 4) is 0 Å². The van der Waals surface area contributed by atoms with Gasteiger partial charge in [-0.1, -0.05) is 50.6 Å². The van der Waals surface area contributed by atoms with E-state index >= 15 is 0 Å². The molecule has 0 heterocycles. The van der Waals surface area contributed by atoms with E-state index in [0.717, 1.165) is 16.9 Å². The van der Waals surface area contributed by atoms with Crippen molar-refractivity contribution in [3.05, 3.63) is 59.7 Å². The molecule has 144 valence electrons. The summed E-state index contributed by atoms with van der Waals surface area (Å²) in [7, 11) is 1.75. The lowest BCUT2D eigenvalue weighted by atomic mass is 9.87. The standard InChI is InChI=1S/C22H29N3O2/c1-16-6-10-18(11-7-16)23-20(26)14-25(5)15-21(27)24-19-12-8-17(9-13-19)22(2,3)4/h6-13H,14-15H2,1-5H3,(H,23,26)(H,24,27). The number of benzene rings is 2. The monoisotopic (exact) mass is 367 g/mol. The molecule has 0 saturated carbocycles. The average molecular weight is 367 g/mol. The van der Waals surface area contributed by atoms with Gasteiger partial charge < -0.3 is 10.6 Å². The van der Waals surface area contributed by atoms with Gasteiger partial charge in [-0.2, -0.15) is 0 Å². The number of carbonyl (C=O) groups is 2. The highest BCUT2D eigenvalue weighted by atomic mass is 16.2. The summed E-state index contributed by atoms with van der Waals surface area (Å²) in [6.07, 6.45) is 0. The summed E-state index contributed by atoms with van der Waals surface area (Å²) < 4.78 is 0. The number of anilines is 2. The SMILES string of the molecule is Cc1ccc(NC(=O)CN(C)CC(=O)Nc2ccc(C(C)(C)C)cc2)cc1. The molecule has 0 bridgehead atoms. The maximum absolute atomic E-state index is 12.2. The molecule has 27 heavy (non-hydrogen) atoms. The summed E-state index contributed by atoms with van der Waals surface area (Å²) >= 11 is 0. The van der Waals surface area contributed by atoms with Crippen molar-refractivity contribution in [3.63, 3.8) is 0 Å². The number of nitrogens with zero attached hydrogens (tertiary/aromatic N) is 1. The molecule has 0 spiro atoms. The van der Waals surface area contributed by atoms with E-state index in [9.17, 15) is 9.59 Å². The van der Waals surface area contributed by atoms with Crippen LogP contribution in [0.2, 0.25) is 0 Å². The fourth-order valence-corrected chi connectivity index (χ4v) is 2.64. The van der Waals surface area contributed by atoms with E-state index in [-0.39, 0.29) is 30.3 Å². The zero-order valence-electron chi connectivity index (χ0n) is 16.8. The van der Waals surface area contributed by atoms with Gasteiger partial charge in [0.1, 0.15) is 0 Å². The Morgan fingerprint density at radius 3 is 1.63 bits per heavy atom. The van der Waals surface area contributed by atoms with Gasteiger partial charge in [-0.3, -0.25) is 14.5 Å². The van der Waals surface area contributed by atoms with Crippen LogP contribution in [0.4, 0.5) is 11.4 Å². The third-order valence-electron chi connectivity index (χ3n) is 4.20. The molecule has 0 aliphatic rings. The smallest absolute Gasteiger partial charge is 0.238 e. The largest absolute Gasteiger partial charge is 0.325 e. The van der Waals surface area contributed by atoms with E-state index in [4.69, 9.17) is 0 Å². The number of aryl methyl sites for hydroxylation is 1. The zero-order chi connectivity index (χ0) is 20.0. The molecule has 0 saturated heterocycles. The molecule has 2 rings (SSSR count). The van der Waals surface area contributed by atoms with Crippen LogP contribution >= 0.6 is 0 Å². The number of likely N-dealkylation sites (N-methyl/N-ethyl adjacent to an activating group) is 1. The van der Waals surface area contributed by atoms with Crippen molar-refractivity contribution in [2.45, 2.75) is 33.1 Å². The van der Waals surface area contributed by atoms with E-state index in [2.05, 4.69) is 31.4 Å². The summed E-state index contributed by atoms with van der Waals surface area (Å²) in [6, 6.07) is 15.5. The molecule has 0 aromatic heterocycles. The molecule has 2 amide bonds. The van der Waals surface area contributed by atoms with Crippen LogP contribution in [0, 0.1) is 6.92 Å². The molecule has 0 atom stereocenters. The van der Waals surface area contributed by atoms with Gasteiger partial charge in [0.05, 0.1) is 13.1 Å². The Morgan fingerprint density at radius 2 is 1.22 bits per heavy atom. The maximum Gasteiger partial charge on any atom is 0.238 e. The minimum Gasteiger partial charge on any atom is -0.325 e. The van der Waals surface area contributed by atoms with Crippen molar-refractivity contribution >= 4 is 23.2 Å². The minimum absolute atomic E-state index is 0.0770. The topological polar surface area (TPSA) is 61.4 Å². The van der Waals surface area contributed by atoms with Gasteiger partial charge >= 0.3 is 0 Å². The number of rotatable bonds is 6. The first-order valence-corrected chi connectivity index (χ1v) is 9.09. The van der Waals surface area contributed by atoms with Gasteiger partial charge in [0, 0.05) is 11.4 Å². The zero-order valence-corrected chi connectivity index (χ0v) is 16.8. The summed E-state index contributed by atoms with van der Waals surface area (Å²) in [6.45, 7) is 8.73. The Kier molecular flexibility index (Phi) is 6.75. The van der Waals surface area contributed by atoms with E-state index in [1.807, 2.05) is 55.5 Å². The van der Waals surface area contributed by atoms with Crippen LogP contribution in [0.1, 0.15) is 31.9 Å². The van der Waals surface area contributed by atoms with Crippen LogP contribution in [0.5, 0.6) is 0 Å². The number of carbonyl (C=O) groups excluding carboxylic acids is 2. The van der Waals surface area contributed by atoms with Crippen LogP contribution in [-0.4, -0.2) is 36.9 Å². The summed E-state index contributed by atoms with van der Waals surface area (Å²) in [5.41, 5.74) is 3.93. The molecule has 2 aromatic rings. The molecular weight excluding hydrogens is 338 g/mol. The fraction of sp³-hybridized carbons (Fsp3) is 0.364. The van der Waals surface area contributed by atoms with Crippen molar-refractivity contribution < 1.29 is 9.59 Å². The molecule has 5 heteroatoms. The van der Waals surface area contributed by atoms with Crippen LogP contribution in [0.3, 0.4) is 0 Å². The Bertz CT molecular complexity index is 775. The van der Waals surface area contributed by atoms with E-state index in [1.54, 1.807) is 11.9 Å². The third-order valence-corrected chi connectivity index (χ3v) is 4.20. The molecule has 2 N–H and O–H groups in total. The van der Waals surface area contributed by atoms with Crippen LogP contribution < -0.4 is 10.6 Å². The lowest BCUT2D eigenvalue weighted by Gasteiger charge is -2.19. The molecule has 5 nitrogen and oxygen atoms in total. The third kappa shape index (κ3) is 6.87. The quantitative estimate of drug-likeness (QED) is 0.816. The first kappa shape index (κ1) is 20.6. The predicted molar refractivity (Wildman–Crippen MR) is 111 cm³/mol. The summed E-state index contributed by atoms with van der Waals surface area (Å²) in [4.78, 5) is 26.0. The van der Waals surface area contributed by atoms with Gasteiger partial charge in [-0.15, -0.1) is 0 Å². The van der Waals surface area contributed by atoms with Gasteiger partial charge in [0.15, 0.2) is 0 Å². The average Bonchev–Trinajstić information content (AvgIpc) is 2.56. The van der Waals surface area contributed by atoms with E-state index in [1.165, 1.54) is 5.56 Å². The van der Waals surface area contributed by atoms with Gasteiger partial charge in [0.25, 0.3) is 0 Å². The number of hydrogen-bond acceptors (Lipinski definition) is 3. The Hall–Kier alpha value is -2.66. The molecular formula is C22H29N3O2. The first-order valence-electron chi connectivity index (χ1n) is 9.09. The van der Waals surface area contributed by atoms with E-state index in [0.29, 0.717) is 0 Å². The number of amides is 2. The molecule has 2 aromatic carbocycles. The maximum atomic E-state index is 12.2. The normalized spacial score (nSPS) is 11.3. The summed E-state index contributed by atoms with van der Waals surface area (Å²) in [5, 5.41) is 5.70. The van der Waals surface area contributed by atoms with Gasteiger partial charge in [-0.05, 0) is 49.2 Å². The Balaban J connectivity index is 1.80. The Morgan fingerprint density at radius 1 is 0.815 bits per heavy atom. The van der Waals surface area contributed by atoms with Crippen molar-refractivity contribution in [2.24, 2.45) is 0 Å². The second-order valence-electron chi connectivity index (χ2n) is 7.96. The second-order valence-corrected chi connectivity index (χ2v) is 7.96. The van der Waals surface area contributed by atoms with Crippen molar-refractivity contribution in [1.82, 2.24) is 4.90 Å². The second kappa shape index (κ2) is 8.82. The van der Waals surface area contributed by atoms with Crippen LogP contribution in [0.25, 0.3) is 0 Å². The molecule has 0 fully saturated rings. The number of nitrogens with one attached hydrogen (secondary N) is 2.